The van der Waals surface area contributed by atoms with Gasteiger partial charge in [0.1, 0.15) is 5.82 Å². The first-order valence-electron chi connectivity index (χ1n) is 10.1. The molecule has 1 aliphatic rings. The number of aromatic nitrogens is 3. The van der Waals surface area contributed by atoms with E-state index >= 15 is 0 Å². The molecule has 0 aliphatic heterocycles. The minimum absolute atomic E-state index is 0.0000160. The summed E-state index contributed by atoms with van der Waals surface area (Å²) in [6.07, 6.45) is 2.28. The van der Waals surface area contributed by atoms with Crippen molar-refractivity contribution in [3.8, 4) is 5.69 Å². The summed E-state index contributed by atoms with van der Waals surface area (Å²) in [5.41, 5.74) is 4.48. The van der Waals surface area contributed by atoms with Crippen LogP contribution in [0.5, 0.6) is 0 Å². The average molecular weight is 441 g/mol. The predicted molar refractivity (Wildman–Crippen MR) is 121 cm³/mol. The molecule has 156 valence electrons. The molecule has 4 rings (SSSR count). The van der Waals surface area contributed by atoms with Crippen LogP contribution in [0.3, 0.4) is 0 Å². The van der Waals surface area contributed by atoms with Gasteiger partial charge in [0.2, 0.25) is 5.91 Å². The molecule has 1 aliphatic carbocycles. The smallest absolute Gasteiger partial charge is 0.230 e. The Labute approximate surface area is 186 Å². The lowest BCUT2D eigenvalue weighted by atomic mass is 10.0. The molecule has 1 N–H and O–H groups in total. The van der Waals surface area contributed by atoms with E-state index in [-0.39, 0.29) is 11.9 Å². The number of hydrogen-bond acceptors (Lipinski definition) is 4. The third kappa shape index (κ3) is 4.71. The Bertz CT molecular complexity index is 1060. The van der Waals surface area contributed by atoms with Gasteiger partial charge in [0, 0.05) is 5.02 Å². The van der Waals surface area contributed by atoms with Crippen LogP contribution in [-0.2, 0) is 4.79 Å². The average Bonchev–Trinajstić information content (AvgIpc) is 3.50. The van der Waals surface area contributed by atoms with Crippen molar-refractivity contribution in [1.29, 1.82) is 0 Å². The number of nitrogens with zero attached hydrogens (tertiary/aromatic N) is 3. The third-order valence-electron chi connectivity index (χ3n) is 5.37. The molecule has 1 unspecified atom stereocenters. The zero-order chi connectivity index (χ0) is 21.3. The van der Waals surface area contributed by atoms with Gasteiger partial charge < -0.3 is 5.32 Å². The van der Waals surface area contributed by atoms with Crippen LogP contribution in [-0.4, -0.2) is 26.4 Å². The molecule has 2 aromatic carbocycles. The molecule has 1 fully saturated rings. The second-order valence-corrected chi connectivity index (χ2v) is 9.26. The van der Waals surface area contributed by atoms with Gasteiger partial charge >= 0.3 is 0 Å². The Kier molecular flexibility index (Phi) is 6.16. The van der Waals surface area contributed by atoms with Gasteiger partial charge in [-0.3, -0.25) is 9.36 Å². The fraction of sp³-hybridized carbons (Fsp3) is 0.348. The minimum Gasteiger partial charge on any atom is -0.348 e. The van der Waals surface area contributed by atoms with E-state index in [1.165, 1.54) is 17.3 Å². The summed E-state index contributed by atoms with van der Waals surface area (Å²) in [5.74, 6) is 1.60. The van der Waals surface area contributed by atoms with Gasteiger partial charge in [0.25, 0.3) is 0 Å². The summed E-state index contributed by atoms with van der Waals surface area (Å²) in [6, 6.07) is 14.1. The van der Waals surface area contributed by atoms with Gasteiger partial charge in [-0.05, 0) is 74.4 Å². The molecule has 30 heavy (non-hydrogen) atoms. The highest BCUT2D eigenvalue weighted by Crippen LogP contribution is 2.41. The predicted octanol–water partition coefficient (Wildman–Crippen LogP) is 5.21. The minimum atomic E-state index is 0.0000160. The van der Waals surface area contributed by atoms with Gasteiger partial charge in [-0.2, -0.15) is 0 Å². The lowest BCUT2D eigenvalue weighted by molar-refractivity contribution is -0.119. The molecule has 1 atom stereocenters. The Balaban J connectivity index is 1.47. The van der Waals surface area contributed by atoms with Crippen LogP contribution in [0.15, 0.2) is 47.6 Å². The van der Waals surface area contributed by atoms with Crippen LogP contribution in [0.1, 0.15) is 41.4 Å². The van der Waals surface area contributed by atoms with E-state index in [9.17, 15) is 4.79 Å². The molecule has 1 saturated carbocycles. The molecule has 1 heterocycles. The standard InChI is InChI=1S/C23H25ClN4OS/c1-14-4-5-15(2)20(12-14)28-16(3)26-27-23(28)30-13-21(29)25-22(17-6-7-17)18-8-10-19(24)11-9-18/h4-5,8-12,17,22H,6-7,13H2,1-3H3,(H,25,29). The third-order valence-corrected chi connectivity index (χ3v) is 6.55. The molecule has 0 saturated heterocycles. The number of thioether (sulfide) groups is 1. The number of nitrogens with one attached hydrogen (secondary N) is 1. The molecule has 0 radical (unpaired) electrons. The van der Waals surface area contributed by atoms with Gasteiger partial charge in [-0.15, -0.1) is 10.2 Å². The Hall–Kier alpha value is -2.31. The van der Waals surface area contributed by atoms with Crippen LogP contribution in [0.2, 0.25) is 5.02 Å². The maximum atomic E-state index is 12.8. The lowest BCUT2D eigenvalue weighted by Gasteiger charge is -2.19. The Morgan fingerprint density at radius 2 is 1.90 bits per heavy atom. The monoisotopic (exact) mass is 440 g/mol. The topological polar surface area (TPSA) is 59.8 Å². The summed E-state index contributed by atoms with van der Waals surface area (Å²) < 4.78 is 2.03. The van der Waals surface area contributed by atoms with Crippen LogP contribution < -0.4 is 5.32 Å². The summed E-state index contributed by atoms with van der Waals surface area (Å²) in [7, 11) is 0. The molecule has 0 bridgehead atoms. The van der Waals surface area contributed by atoms with Crippen molar-refractivity contribution in [2.75, 3.05) is 5.75 Å². The van der Waals surface area contributed by atoms with Gasteiger partial charge in [0.05, 0.1) is 17.5 Å². The second-order valence-electron chi connectivity index (χ2n) is 7.88. The van der Waals surface area contributed by atoms with E-state index in [2.05, 4.69) is 47.6 Å². The van der Waals surface area contributed by atoms with E-state index < -0.39 is 0 Å². The Morgan fingerprint density at radius 1 is 1.17 bits per heavy atom. The van der Waals surface area contributed by atoms with Crippen molar-refractivity contribution in [3.63, 3.8) is 0 Å². The molecule has 7 heteroatoms. The van der Waals surface area contributed by atoms with Crippen LogP contribution in [0, 0.1) is 26.7 Å². The van der Waals surface area contributed by atoms with E-state index in [1.807, 2.05) is 35.8 Å². The normalized spacial score (nSPS) is 14.5. The first-order valence-corrected chi connectivity index (χ1v) is 11.5. The molecular formula is C23H25ClN4OS. The number of aryl methyl sites for hydroxylation is 3. The van der Waals surface area contributed by atoms with Gasteiger partial charge in [-0.1, -0.05) is 47.6 Å². The second kappa shape index (κ2) is 8.82. The maximum absolute atomic E-state index is 12.8. The highest BCUT2D eigenvalue weighted by Gasteiger charge is 2.33. The van der Waals surface area contributed by atoms with Crippen molar-refractivity contribution in [3.05, 3.63) is 70.0 Å². The van der Waals surface area contributed by atoms with Gasteiger partial charge in [-0.25, -0.2) is 0 Å². The lowest BCUT2D eigenvalue weighted by Crippen LogP contribution is -2.31. The Morgan fingerprint density at radius 3 is 2.60 bits per heavy atom. The van der Waals surface area contributed by atoms with E-state index in [4.69, 9.17) is 11.6 Å². The van der Waals surface area contributed by atoms with Crippen LogP contribution in [0.25, 0.3) is 5.69 Å². The highest BCUT2D eigenvalue weighted by molar-refractivity contribution is 7.99. The van der Waals surface area contributed by atoms with Crippen LogP contribution >= 0.6 is 23.4 Å². The number of amides is 1. The van der Waals surface area contributed by atoms with Crippen molar-refractivity contribution in [1.82, 2.24) is 20.1 Å². The van der Waals surface area contributed by atoms with E-state index in [1.54, 1.807) is 0 Å². The summed E-state index contributed by atoms with van der Waals surface area (Å²) in [5, 5.41) is 13.2. The van der Waals surface area contributed by atoms with Crippen molar-refractivity contribution in [2.45, 2.75) is 44.8 Å². The molecule has 3 aromatic rings. The first kappa shape index (κ1) is 20.9. The summed E-state index contributed by atoms with van der Waals surface area (Å²) in [6.45, 7) is 6.07. The fourth-order valence-electron chi connectivity index (χ4n) is 3.59. The largest absolute Gasteiger partial charge is 0.348 e. The molecule has 1 amide bonds. The van der Waals surface area contributed by atoms with Crippen molar-refractivity contribution < 1.29 is 4.79 Å². The summed E-state index contributed by atoms with van der Waals surface area (Å²) >= 11 is 7.43. The number of halogens is 1. The number of benzene rings is 2. The number of hydrogen-bond donors (Lipinski definition) is 1. The SMILES string of the molecule is Cc1ccc(C)c(-n2c(C)nnc2SCC(=O)NC(c2ccc(Cl)cc2)C2CC2)c1. The number of carbonyl (C=O) groups is 1. The van der Waals surface area contributed by atoms with Gasteiger partial charge in [0.15, 0.2) is 5.16 Å². The number of carbonyl (C=O) groups excluding carboxylic acids is 1. The quantitative estimate of drug-likeness (QED) is 0.512. The molecular weight excluding hydrogens is 416 g/mol. The van der Waals surface area contributed by atoms with E-state index in [0.717, 1.165) is 40.6 Å². The maximum Gasteiger partial charge on any atom is 0.230 e. The molecule has 1 aromatic heterocycles. The highest BCUT2D eigenvalue weighted by atomic mass is 35.5. The summed E-state index contributed by atoms with van der Waals surface area (Å²) in [4.78, 5) is 12.8. The number of rotatable bonds is 7. The van der Waals surface area contributed by atoms with E-state index in [0.29, 0.717) is 16.7 Å². The first-order chi connectivity index (χ1) is 14.4. The van der Waals surface area contributed by atoms with Crippen LogP contribution in [0.4, 0.5) is 0 Å². The zero-order valence-corrected chi connectivity index (χ0v) is 18.9. The fourth-order valence-corrected chi connectivity index (χ4v) is 4.52. The van der Waals surface area contributed by atoms with Crippen molar-refractivity contribution >= 4 is 29.3 Å². The van der Waals surface area contributed by atoms with Crippen molar-refractivity contribution in [2.24, 2.45) is 5.92 Å². The zero-order valence-electron chi connectivity index (χ0n) is 17.4. The molecule has 5 nitrogen and oxygen atoms in total. The molecule has 0 spiro atoms.